The second-order valence-electron chi connectivity index (χ2n) is 4.01. The van der Waals surface area contributed by atoms with E-state index in [1.165, 1.54) is 36.0 Å². The van der Waals surface area contributed by atoms with Crippen LogP contribution >= 0.6 is 0 Å². The first-order chi connectivity index (χ1) is 8.93. The number of rotatable bonds is 7. The van der Waals surface area contributed by atoms with E-state index in [0.717, 1.165) is 0 Å². The molecule has 0 bridgehead atoms. The zero-order valence-corrected chi connectivity index (χ0v) is 10.7. The molecule has 1 aromatic heterocycles. The van der Waals surface area contributed by atoms with Crippen LogP contribution in [0, 0.1) is 10.1 Å². The van der Waals surface area contributed by atoms with Gasteiger partial charge in [-0.05, 0) is 4.92 Å². The van der Waals surface area contributed by atoms with Crippen molar-refractivity contribution in [2.24, 2.45) is 0 Å². The number of hydrogen-bond donors (Lipinski definition) is 1. The van der Waals surface area contributed by atoms with Gasteiger partial charge in [-0.25, -0.2) is 0 Å². The molecule has 9 nitrogen and oxygen atoms in total. The van der Waals surface area contributed by atoms with Crippen molar-refractivity contribution < 1.29 is 19.6 Å². The fourth-order valence-corrected chi connectivity index (χ4v) is 1.46. The number of carbonyl (C=O) groups excluding carboxylic acids is 1. The normalized spacial score (nSPS) is 12.2. The first-order valence-electron chi connectivity index (χ1n) is 5.53. The van der Waals surface area contributed by atoms with Crippen LogP contribution in [0.25, 0.3) is 0 Å². The number of methoxy groups -OCH3 is 1. The first-order valence-corrected chi connectivity index (χ1v) is 5.53. The van der Waals surface area contributed by atoms with Gasteiger partial charge in [0.15, 0.2) is 0 Å². The van der Waals surface area contributed by atoms with Crippen LogP contribution in [0.5, 0.6) is 0 Å². The maximum atomic E-state index is 11.8. The van der Waals surface area contributed by atoms with Crippen molar-refractivity contribution >= 4 is 11.7 Å². The Kier molecular flexibility index (Phi) is 5.39. The molecule has 1 heterocycles. The molecule has 0 aliphatic rings. The number of aliphatic hydroxyl groups is 1. The number of hydrogen-bond acceptors (Lipinski definition) is 6. The molecule has 9 heteroatoms. The number of ether oxygens (including phenoxy) is 1. The molecule has 1 N–H and O–H groups in total. The third kappa shape index (κ3) is 4.64. The van der Waals surface area contributed by atoms with Crippen molar-refractivity contribution in [3.05, 3.63) is 22.4 Å². The number of likely N-dealkylation sites (N-methyl/N-ethyl adjacent to an activating group) is 1. The molecule has 0 saturated heterocycles. The Balaban J connectivity index is 2.51. The first kappa shape index (κ1) is 15.1. The lowest BCUT2D eigenvalue weighted by Crippen LogP contribution is -2.38. The quantitative estimate of drug-likeness (QED) is 0.517. The van der Waals surface area contributed by atoms with E-state index in [0.29, 0.717) is 0 Å². The zero-order valence-electron chi connectivity index (χ0n) is 10.7. The van der Waals surface area contributed by atoms with E-state index in [-0.39, 0.29) is 31.4 Å². The molecular weight excluding hydrogens is 256 g/mol. The van der Waals surface area contributed by atoms with Crippen LogP contribution in [0.15, 0.2) is 12.3 Å². The SMILES string of the molecule is COCC(O)CN(C)C(=O)Cn1ccc([N+](=O)[O-])n1. The van der Waals surface area contributed by atoms with Gasteiger partial charge in [0, 0.05) is 20.7 Å². The van der Waals surface area contributed by atoms with Gasteiger partial charge in [-0.1, -0.05) is 0 Å². The van der Waals surface area contributed by atoms with E-state index in [9.17, 15) is 20.0 Å². The van der Waals surface area contributed by atoms with Gasteiger partial charge in [0.25, 0.3) is 0 Å². The Morgan fingerprint density at radius 3 is 2.95 bits per heavy atom. The van der Waals surface area contributed by atoms with E-state index in [1.54, 1.807) is 0 Å². The number of aromatic nitrogens is 2. The van der Waals surface area contributed by atoms with Crippen molar-refractivity contribution in [3.8, 4) is 0 Å². The van der Waals surface area contributed by atoms with Gasteiger partial charge in [-0.15, -0.1) is 0 Å². The summed E-state index contributed by atoms with van der Waals surface area (Å²) in [4.78, 5) is 22.9. The zero-order chi connectivity index (χ0) is 14.4. The third-order valence-electron chi connectivity index (χ3n) is 2.38. The predicted molar refractivity (Wildman–Crippen MR) is 64.4 cm³/mol. The van der Waals surface area contributed by atoms with Crippen LogP contribution in [0.3, 0.4) is 0 Å². The number of nitrogens with zero attached hydrogens (tertiary/aromatic N) is 4. The van der Waals surface area contributed by atoms with Crippen molar-refractivity contribution in [3.63, 3.8) is 0 Å². The Labute approximate surface area is 109 Å². The summed E-state index contributed by atoms with van der Waals surface area (Å²) in [5, 5.41) is 23.6. The van der Waals surface area contributed by atoms with E-state index < -0.39 is 11.0 Å². The second-order valence-corrected chi connectivity index (χ2v) is 4.01. The van der Waals surface area contributed by atoms with Gasteiger partial charge in [-0.2, -0.15) is 4.68 Å². The summed E-state index contributed by atoms with van der Waals surface area (Å²) in [5.74, 6) is -0.622. The maximum Gasteiger partial charge on any atom is 0.389 e. The minimum atomic E-state index is -0.772. The molecule has 19 heavy (non-hydrogen) atoms. The lowest BCUT2D eigenvalue weighted by atomic mass is 10.3. The van der Waals surface area contributed by atoms with Crippen LogP contribution in [-0.4, -0.2) is 64.0 Å². The molecular formula is C10H16N4O5. The highest BCUT2D eigenvalue weighted by Gasteiger charge is 2.17. The number of aliphatic hydroxyl groups excluding tert-OH is 1. The van der Waals surface area contributed by atoms with Crippen LogP contribution in [0.1, 0.15) is 0 Å². The molecule has 0 aliphatic carbocycles. The molecule has 1 amide bonds. The van der Waals surface area contributed by atoms with Gasteiger partial charge < -0.3 is 24.9 Å². The summed E-state index contributed by atoms with van der Waals surface area (Å²) in [7, 11) is 2.98. The largest absolute Gasteiger partial charge is 0.389 e. The van der Waals surface area contributed by atoms with Crippen LogP contribution < -0.4 is 0 Å². The Hall–Kier alpha value is -2.00. The molecule has 0 radical (unpaired) electrons. The van der Waals surface area contributed by atoms with E-state index in [1.807, 2.05) is 0 Å². The summed E-state index contributed by atoms with van der Waals surface area (Å²) in [6.07, 6.45) is 0.584. The maximum absolute atomic E-state index is 11.8. The summed E-state index contributed by atoms with van der Waals surface area (Å²) in [6.45, 7) is 0.130. The Morgan fingerprint density at radius 1 is 1.74 bits per heavy atom. The summed E-state index contributed by atoms with van der Waals surface area (Å²) >= 11 is 0. The summed E-state index contributed by atoms with van der Waals surface area (Å²) < 4.78 is 5.93. The number of amides is 1. The van der Waals surface area contributed by atoms with Gasteiger partial charge >= 0.3 is 5.82 Å². The Morgan fingerprint density at radius 2 is 2.42 bits per heavy atom. The highest BCUT2D eigenvalue weighted by molar-refractivity contribution is 5.75. The predicted octanol–water partition coefficient (Wildman–Crippen LogP) is -0.743. The smallest absolute Gasteiger partial charge is 0.389 e. The standard InChI is InChI=1S/C10H16N4O5/c1-12(5-8(15)7-19-2)10(16)6-13-4-3-9(11-13)14(17)18/h3-4,8,15H,5-7H2,1-2H3. The fourth-order valence-electron chi connectivity index (χ4n) is 1.46. The average molecular weight is 272 g/mol. The number of nitro groups is 1. The Bertz CT molecular complexity index is 447. The third-order valence-corrected chi connectivity index (χ3v) is 2.38. The van der Waals surface area contributed by atoms with Crippen LogP contribution in [0.4, 0.5) is 5.82 Å². The molecule has 0 spiro atoms. The van der Waals surface area contributed by atoms with Gasteiger partial charge in [0.2, 0.25) is 5.91 Å². The van der Waals surface area contributed by atoms with Crippen molar-refractivity contribution in [2.45, 2.75) is 12.6 Å². The molecule has 0 aromatic carbocycles. The molecule has 1 aromatic rings. The van der Waals surface area contributed by atoms with Crippen molar-refractivity contribution in [1.29, 1.82) is 0 Å². The minimum absolute atomic E-state index is 0.121. The fraction of sp³-hybridized carbons (Fsp3) is 0.600. The lowest BCUT2D eigenvalue weighted by Gasteiger charge is -2.19. The molecule has 1 rings (SSSR count). The van der Waals surface area contributed by atoms with Crippen molar-refractivity contribution in [2.75, 3.05) is 27.3 Å². The van der Waals surface area contributed by atoms with Gasteiger partial charge in [0.1, 0.15) is 6.54 Å². The monoisotopic (exact) mass is 272 g/mol. The molecule has 0 fully saturated rings. The molecule has 0 saturated carbocycles. The van der Waals surface area contributed by atoms with E-state index in [2.05, 4.69) is 5.10 Å². The number of carbonyl (C=O) groups is 1. The molecule has 0 aliphatic heterocycles. The highest BCUT2D eigenvalue weighted by atomic mass is 16.6. The minimum Gasteiger partial charge on any atom is -0.389 e. The van der Waals surface area contributed by atoms with Crippen LogP contribution in [0.2, 0.25) is 0 Å². The molecule has 106 valence electrons. The average Bonchev–Trinajstić information content (AvgIpc) is 2.77. The topological polar surface area (TPSA) is 111 Å². The molecule has 1 unspecified atom stereocenters. The van der Waals surface area contributed by atoms with Gasteiger partial charge in [-0.3, -0.25) is 4.79 Å². The second kappa shape index (κ2) is 6.81. The summed E-state index contributed by atoms with van der Waals surface area (Å²) in [6, 6.07) is 1.22. The summed E-state index contributed by atoms with van der Waals surface area (Å²) in [5.41, 5.74) is 0. The van der Waals surface area contributed by atoms with E-state index >= 15 is 0 Å². The van der Waals surface area contributed by atoms with Crippen LogP contribution in [-0.2, 0) is 16.1 Å². The highest BCUT2D eigenvalue weighted by Crippen LogP contribution is 2.05. The van der Waals surface area contributed by atoms with Gasteiger partial charge in [0.05, 0.1) is 30.1 Å². The van der Waals surface area contributed by atoms with Crippen molar-refractivity contribution in [1.82, 2.24) is 14.7 Å². The van der Waals surface area contributed by atoms with E-state index in [4.69, 9.17) is 4.74 Å². The lowest BCUT2D eigenvalue weighted by molar-refractivity contribution is -0.389. The molecule has 1 atom stereocenters.